The van der Waals surface area contributed by atoms with Crippen LogP contribution in [-0.2, 0) is 0 Å². The third-order valence-electron chi connectivity index (χ3n) is 1.60. The van der Waals surface area contributed by atoms with Gasteiger partial charge in [-0.15, -0.1) is 0 Å². The number of aliphatic hydroxyl groups is 2. The van der Waals surface area contributed by atoms with E-state index in [0.717, 1.165) is 23.5 Å². The average Bonchev–Trinajstić information content (AvgIpc) is 2.28. The van der Waals surface area contributed by atoms with Gasteiger partial charge < -0.3 is 10.2 Å². The minimum absolute atomic E-state index is 0.182. The minimum atomic E-state index is -0.182. The van der Waals surface area contributed by atoms with Crippen molar-refractivity contribution in [2.75, 3.05) is 11.9 Å². The van der Waals surface area contributed by atoms with E-state index >= 15 is 0 Å². The normalized spacial score (nSPS) is 10.9. The Kier molecular flexibility index (Phi) is 6.40. The van der Waals surface area contributed by atoms with E-state index < -0.39 is 0 Å². The molecule has 0 saturated carbocycles. The second kappa shape index (κ2) is 6.81. The van der Waals surface area contributed by atoms with Crippen molar-refractivity contribution < 1.29 is 10.2 Å². The fourth-order valence-corrected chi connectivity index (χ4v) is 3.88. The van der Waals surface area contributed by atoms with Gasteiger partial charge in [0.25, 0.3) is 0 Å². The first-order valence-electron chi connectivity index (χ1n) is 3.87. The molecule has 0 fully saturated rings. The van der Waals surface area contributed by atoms with E-state index in [9.17, 15) is 0 Å². The summed E-state index contributed by atoms with van der Waals surface area (Å²) >= 11 is 26.0. The number of hydrogen-bond donors (Lipinski definition) is 2. The predicted octanol–water partition coefficient (Wildman–Crippen LogP) is 4.38. The molecule has 0 heterocycles. The van der Waals surface area contributed by atoms with E-state index in [1.54, 1.807) is 0 Å². The number of rotatable bonds is 4. The Morgan fingerprint density at radius 1 is 0.688 bits per heavy atom. The largest absolute Gasteiger partial charge is 0.385 e. The quantitative estimate of drug-likeness (QED) is 0.485. The summed E-state index contributed by atoms with van der Waals surface area (Å²) in [6.07, 6.45) is 0. The zero-order valence-electron chi connectivity index (χ0n) is 7.64. The van der Waals surface area contributed by atoms with Gasteiger partial charge in [0.05, 0.1) is 32.0 Å². The molecule has 0 spiro atoms. The van der Waals surface area contributed by atoms with Gasteiger partial charge in [0, 0.05) is 9.79 Å². The lowest BCUT2D eigenvalue weighted by Gasteiger charge is -2.13. The Labute approximate surface area is 121 Å². The van der Waals surface area contributed by atoms with Gasteiger partial charge in [0.2, 0.25) is 0 Å². The van der Waals surface area contributed by atoms with Gasteiger partial charge in [-0.1, -0.05) is 69.9 Å². The molecule has 0 unspecified atom stereocenters. The molecule has 1 aromatic rings. The minimum Gasteiger partial charge on any atom is -0.385 e. The Morgan fingerprint density at radius 3 is 1.12 bits per heavy atom. The molecular formula is C8H6Cl4O2S2. The standard InChI is InChI=1S/C8H6Cl4O2S2/c9-3-5(11)8(16-2-14)6(12)4(10)7(3)15-1-13/h13-14H,1-2H2. The van der Waals surface area contributed by atoms with Gasteiger partial charge in [-0.25, -0.2) is 0 Å². The third kappa shape index (κ3) is 3.06. The smallest absolute Gasteiger partial charge is 0.0933 e. The zero-order valence-corrected chi connectivity index (χ0v) is 12.3. The maximum absolute atomic E-state index is 8.84. The van der Waals surface area contributed by atoms with Crippen LogP contribution in [0.5, 0.6) is 0 Å². The number of halogens is 4. The summed E-state index contributed by atoms with van der Waals surface area (Å²) in [5.41, 5.74) is 0. The van der Waals surface area contributed by atoms with E-state index in [4.69, 9.17) is 56.6 Å². The van der Waals surface area contributed by atoms with Crippen molar-refractivity contribution in [3.8, 4) is 0 Å². The van der Waals surface area contributed by atoms with Crippen molar-refractivity contribution in [3.05, 3.63) is 20.1 Å². The Hall–Kier alpha value is 1.000. The molecule has 2 nitrogen and oxygen atoms in total. The molecule has 90 valence electrons. The topological polar surface area (TPSA) is 40.5 Å². The van der Waals surface area contributed by atoms with Crippen LogP contribution in [0.1, 0.15) is 0 Å². The van der Waals surface area contributed by atoms with Crippen molar-refractivity contribution in [3.63, 3.8) is 0 Å². The van der Waals surface area contributed by atoms with Gasteiger partial charge in [-0.05, 0) is 0 Å². The summed E-state index contributed by atoms with van der Waals surface area (Å²) < 4.78 is 0. The lowest BCUT2D eigenvalue weighted by molar-refractivity contribution is 0.375. The van der Waals surface area contributed by atoms with Crippen molar-refractivity contribution in [1.82, 2.24) is 0 Å². The molecule has 0 aliphatic carbocycles. The molecule has 16 heavy (non-hydrogen) atoms. The number of benzene rings is 1. The molecule has 2 N–H and O–H groups in total. The average molecular weight is 340 g/mol. The number of thioether (sulfide) groups is 2. The highest BCUT2D eigenvalue weighted by Gasteiger charge is 2.20. The molecule has 0 bridgehead atoms. The molecule has 8 heteroatoms. The van der Waals surface area contributed by atoms with E-state index in [1.807, 2.05) is 0 Å². The Bertz CT molecular complexity index is 334. The highest BCUT2D eigenvalue weighted by atomic mass is 35.5. The summed E-state index contributed by atoms with van der Waals surface area (Å²) in [6, 6.07) is 0. The van der Waals surface area contributed by atoms with E-state index in [-0.39, 0.29) is 32.0 Å². The van der Waals surface area contributed by atoms with Crippen LogP contribution in [-0.4, -0.2) is 22.1 Å². The molecule has 1 aromatic carbocycles. The lowest BCUT2D eigenvalue weighted by atomic mass is 10.3. The van der Waals surface area contributed by atoms with Gasteiger partial charge in [-0.2, -0.15) is 0 Å². The summed E-state index contributed by atoms with van der Waals surface area (Å²) in [4.78, 5) is 0.867. The van der Waals surface area contributed by atoms with Gasteiger partial charge in [0.15, 0.2) is 0 Å². The van der Waals surface area contributed by atoms with Crippen LogP contribution in [0.4, 0.5) is 0 Å². The van der Waals surface area contributed by atoms with Gasteiger partial charge >= 0.3 is 0 Å². The third-order valence-corrected chi connectivity index (χ3v) is 5.41. The summed E-state index contributed by atoms with van der Waals surface area (Å²) in [7, 11) is 0. The van der Waals surface area contributed by atoms with Crippen molar-refractivity contribution in [2.45, 2.75) is 9.79 Å². The monoisotopic (exact) mass is 338 g/mol. The molecular weight excluding hydrogens is 334 g/mol. The van der Waals surface area contributed by atoms with Crippen LogP contribution in [0, 0.1) is 0 Å². The number of hydrogen-bond acceptors (Lipinski definition) is 4. The van der Waals surface area contributed by atoms with Crippen LogP contribution in [0.2, 0.25) is 20.1 Å². The number of aliphatic hydroxyl groups excluding tert-OH is 2. The van der Waals surface area contributed by atoms with Gasteiger partial charge in [-0.3, -0.25) is 0 Å². The molecule has 1 rings (SSSR count). The maximum atomic E-state index is 8.84. The molecule has 0 aliphatic heterocycles. The molecule has 0 aromatic heterocycles. The molecule has 0 atom stereocenters. The van der Waals surface area contributed by atoms with E-state index in [0.29, 0.717) is 9.79 Å². The highest BCUT2D eigenvalue weighted by molar-refractivity contribution is 7.99. The summed E-state index contributed by atoms with van der Waals surface area (Å²) in [6.45, 7) is 0. The first-order chi connectivity index (χ1) is 7.54. The first-order valence-corrected chi connectivity index (χ1v) is 7.36. The predicted molar refractivity (Wildman–Crippen MR) is 72.4 cm³/mol. The molecule has 0 radical (unpaired) electrons. The van der Waals surface area contributed by atoms with Crippen LogP contribution in [0.25, 0.3) is 0 Å². The highest BCUT2D eigenvalue weighted by Crippen LogP contribution is 2.48. The maximum Gasteiger partial charge on any atom is 0.0933 e. The second-order valence-corrected chi connectivity index (χ2v) is 5.88. The lowest BCUT2D eigenvalue weighted by Crippen LogP contribution is -1.88. The van der Waals surface area contributed by atoms with Crippen LogP contribution in [0.15, 0.2) is 9.79 Å². The Balaban J connectivity index is 3.37. The van der Waals surface area contributed by atoms with E-state index in [2.05, 4.69) is 0 Å². The molecule has 0 amide bonds. The van der Waals surface area contributed by atoms with E-state index in [1.165, 1.54) is 0 Å². The Morgan fingerprint density at radius 2 is 0.938 bits per heavy atom. The second-order valence-electron chi connectivity index (χ2n) is 2.46. The van der Waals surface area contributed by atoms with Crippen LogP contribution >= 0.6 is 69.9 Å². The van der Waals surface area contributed by atoms with Crippen LogP contribution < -0.4 is 0 Å². The summed E-state index contributed by atoms with van der Waals surface area (Å²) in [5, 5.41) is 18.6. The van der Waals surface area contributed by atoms with Crippen molar-refractivity contribution in [2.24, 2.45) is 0 Å². The fraction of sp³-hybridized carbons (Fsp3) is 0.250. The summed E-state index contributed by atoms with van der Waals surface area (Å²) in [5.74, 6) is -0.364. The SMILES string of the molecule is OCSc1c(Cl)c(Cl)c(SCO)c(Cl)c1Cl. The van der Waals surface area contributed by atoms with Crippen LogP contribution in [0.3, 0.4) is 0 Å². The van der Waals surface area contributed by atoms with Crippen molar-refractivity contribution >= 4 is 69.9 Å². The van der Waals surface area contributed by atoms with Gasteiger partial charge in [0.1, 0.15) is 0 Å². The molecule has 0 aliphatic rings. The molecule has 0 saturated heterocycles. The first kappa shape index (κ1) is 15.1. The van der Waals surface area contributed by atoms with Crippen molar-refractivity contribution in [1.29, 1.82) is 0 Å². The fourth-order valence-electron chi connectivity index (χ4n) is 0.974. The zero-order chi connectivity index (χ0) is 12.3.